The lowest BCUT2D eigenvalue weighted by atomic mass is 9.44. The van der Waals surface area contributed by atoms with E-state index in [0.29, 0.717) is 50.8 Å². The van der Waals surface area contributed by atoms with Crippen LogP contribution in [-0.4, -0.2) is 78.1 Å². The van der Waals surface area contributed by atoms with Gasteiger partial charge < -0.3 is 30.3 Å². The number of ketones is 2. The van der Waals surface area contributed by atoms with E-state index >= 15 is 4.39 Å². The predicted molar refractivity (Wildman–Crippen MR) is 158 cm³/mol. The van der Waals surface area contributed by atoms with Crippen LogP contribution in [0.3, 0.4) is 0 Å². The maximum atomic E-state index is 17.3. The van der Waals surface area contributed by atoms with Gasteiger partial charge in [-0.1, -0.05) is 39.3 Å². The van der Waals surface area contributed by atoms with Gasteiger partial charge >= 0.3 is 12.2 Å². The number of amides is 2. The molecule has 0 aliphatic heterocycles. The van der Waals surface area contributed by atoms with Crippen LogP contribution < -0.4 is 10.6 Å². The fraction of sp³-hybridized carbons (Fsp3) is 0.750. The van der Waals surface area contributed by atoms with Crippen molar-refractivity contribution in [2.24, 2.45) is 28.6 Å². The molecule has 10 nitrogen and oxygen atoms in total. The van der Waals surface area contributed by atoms with Gasteiger partial charge in [-0.2, -0.15) is 0 Å². The van der Waals surface area contributed by atoms with Gasteiger partial charge in [-0.05, 0) is 75.9 Å². The number of ether oxygens (including phenoxy) is 2. The van der Waals surface area contributed by atoms with E-state index in [2.05, 4.69) is 10.6 Å². The molecular weight excluding hydrogens is 559 g/mol. The molecule has 0 aromatic rings. The van der Waals surface area contributed by atoms with E-state index in [4.69, 9.17) is 9.47 Å². The van der Waals surface area contributed by atoms with E-state index in [1.54, 1.807) is 26.8 Å². The summed E-state index contributed by atoms with van der Waals surface area (Å²) in [6, 6.07) is 0. The van der Waals surface area contributed by atoms with Crippen molar-refractivity contribution in [1.82, 2.24) is 10.6 Å². The molecule has 4 rings (SSSR count). The summed E-state index contributed by atoms with van der Waals surface area (Å²) in [5.74, 6) is -2.41. The van der Waals surface area contributed by atoms with Crippen LogP contribution in [0.25, 0.3) is 0 Å². The molecule has 11 heteroatoms. The third kappa shape index (κ3) is 5.75. The number of hydrogen-bond donors (Lipinski definition) is 4. The van der Waals surface area contributed by atoms with E-state index in [1.807, 2.05) is 0 Å². The Hall–Kier alpha value is -2.79. The van der Waals surface area contributed by atoms with Crippen molar-refractivity contribution < 1.29 is 43.3 Å². The normalized spacial score (nSPS) is 37.6. The Morgan fingerprint density at radius 3 is 2.49 bits per heavy atom. The Labute approximate surface area is 253 Å². The molecule has 0 aromatic carbocycles. The van der Waals surface area contributed by atoms with Gasteiger partial charge in [0.2, 0.25) is 5.78 Å². The standard InChI is InChI=1S/C31H45FN2O8.CH4/c1-19-15-23-22-10-9-20-16-21(35)11-12-28(20,2)30(22,32)24(36)17-29(23,3)31(19,40)25(37)18-42-27(39)34-13-7-5-6-8-14-41-26(38)33-4;/h11-12,16,19,22-24,36,40H,5-10,13-15,17-18H2,1-4H3,(H,33,38)(H,34,39);1H4/t19-,22?,23?,24?,28?,29?,30+,31+;/m1./s1. The van der Waals surface area contributed by atoms with Crippen molar-refractivity contribution in [2.45, 2.75) is 96.9 Å². The number of unbranched alkanes of at least 4 members (excludes halogenated alkanes) is 3. The number of aliphatic hydroxyl groups is 2. The SMILES string of the molecule is C.CNC(=O)OCCCCCCNC(=O)OCC(=O)[C@@]1(O)[C@H](C)CC2C3CCC4=CC(=O)C=CC4(C)[C@@]3(F)C(O)CC21C. The maximum absolute atomic E-state index is 17.3. The average molecular weight is 609 g/mol. The van der Waals surface area contributed by atoms with Crippen molar-refractivity contribution in [1.29, 1.82) is 0 Å². The molecule has 5 unspecified atom stereocenters. The lowest BCUT2D eigenvalue weighted by molar-refractivity contribution is -0.219. The van der Waals surface area contributed by atoms with E-state index in [0.717, 1.165) is 12.8 Å². The van der Waals surface area contributed by atoms with Crippen molar-refractivity contribution in [2.75, 3.05) is 26.8 Å². The highest BCUT2D eigenvalue weighted by Crippen LogP contribution is 2.70. The van der Waals surface area contributed by atoms with Crippen LogP contribution in [0, 0.1) is 28.6 Å². The third-order valence-corrected chi connectivity index (χ3v) is 10.8. The quantitative estimate of drug-likeness (QED) is 0.270. The lowest BCUT2D eigenvalue weighted by Gasteiger charge is -2.62. The molecule has 43 heavy (non-hydrogen) atoms. The number of hydrogen-bond acceptors (Lipinski definition) is 8. The van der Waals surface area contributed by atoms with Crippen LogP contribution in [-0.2, 0) is 19.1 Å². The van der Waals surface area contributed by atoms with Crippen molar-refractivity contribution in [3.05, 3.63) is 23.8 Å². The van der Waals surface area contributed by atoms with E-state index in [1.165, 1.54) is 19.2 Å². The number of fused-ring (bicyclic) bond motifs is 5. The molecule has 8 atom stereocenters. The Morgan fingerprint density at radius 1 is 1.09 bits per heavy atom. The van der Waals surface area contributed by atoms with Gasteiger partial charge in [0.05, 0.1) is 12.7 Å². The van der Waals surface area contributed by atoms with E-state index < -0.39 is 70.5 Å². The second-order valence-corrected chi connectivity index (χ2v) is 12.9. The molecule has 0 aromatic heterocycles. The van der Waals surface area contributed by atoms with Crippen molar-refractivity contribution in [3.63, 3.8) is 0 Å². The summed E-state index contributed by atoms with van der Waals surface area (Å²) >= 11 is 0. The molecule has 0 radical (unpaired) electrons. The molecule has 2 amide bonds. The molecule has 0 saturated heterocycles. The summed E-state index contributed by atoms with van der Waals surface area (Å²) in [7, 11) is 1.49. The van der Waals surface area contributed by atoms with Crippen LogP contribution in [0.2, 0.25) is 0 Å². The molecule has 0 heterocycles. The molecule has 242 valence electrons. The summed E-state index contributed by atoms with van der Waals surface area (Å²) in [6.45, 7) is 5.24. The van der Waals surface area contributed by atoms with Crippen LogP contribution in [0.4, 0.5) is 14.0 Å². The monoisotopic (exact) mass is 608 g/mol. The fourth-order valence-electron chi connectivity index (χ4n) is 8.44. The second-order valence-electron chi connectivity index (χ2n) is 12.9. The van der Waals surface area contributed by atoms with Crippen LogP contribution in [0.5, 0.6) is 0 Å². The lowest BCUT2D eigenvalue weighted by Crippen LogP contribution is -2.69. The number of alkyl halides is 1. The number of allylic oxidation sites excluding steroid dienone is 4. The first kappa shape index (κ1) is 34.7. The molecule has 4 aliphatic rings. The summed E-state index contributed by atoms with van der Waals surface area (Å²) in [4.78, 5) is 48.8. The number of alkyl carbamates (subject to hydrolysis) is 2. The van der Waals surface area contributed by atoms with Crippen molar-refractivity contribution in [3.8, 4) is 0 Å². The molecule has 3 fully saturated rings. The molecule has 0 bridgehead atoms. The first-order chi connectivity index (χ1) is 19.8. The minimum atomic E-state index is -2.06. The maximum Gasteiger partial charge on any atom is 0.407 e. The highest BCUT2D eigenvalue weighted by Gasteiger charge is 2.75. The summed E-state index contributed by atoms with van der Waals surface area (Å²) < 4.78 is 27.4. The van der Waals surface area contributed by atoms with E-state index in [9.17, 15) is 29.4 Å². The van der Waals surface area contributed by atoms with Gasteiger partial charge in [0, 0.05) is 30.3 Å². The zero-order valence-corrected chi connectivity index (χ0v) is 25.0. The molecule has 0 spiro atoms. The minimum absolute atomic E-state index is 0. The summed E-state index contributed by atoms with van der Waals surface area (Å²) in [6.07, 6.45) is 5.83. The zero-order chi connectivity index (χ0) is 30.9. The highest BCUT2D eigenvalue weighted by molar-refractivity contribution is 6.01. The first-order valence-corrected chi connectivity index (χ1v) is 15.1. The zero-order valence-electron chi connectivity index (χ0n) is 25.0. The summed E-state index contributed by atoms with van der Waals surface area (Å²) in [5.41, 5.74) is -5.58. The van der Waals surface area contributed by atoms with Gasteiger partial charge in [0.25, 0.3) is 0 Å². The molecular formula is C32H49FN2O8. The van der Waals surface area contributed by atoms with Crippen LogP contribution >= 0.6 is 0 Å². The number of halogens is 1. The number of nitrogens with one attached hydrogen (secondary N) is 2. The number of carbonyl (C=O) groups excluding carboxylic acids is 4. The second kappa shape index (κ2) is 13.1. The van der Waals surface area contributed by atoms with Crippen LogP contribution in [0.1, 0.15) is 79.6 Å². The first-order valence-electron chi connectivity index (χ1n) is 15.1. The Balaban J connectivity index is 0.00000506. The molecule has 4 aliphatic carbocycles. The van der Waals surface area contributed by atoms with Crippen LogP contribution in [0.15, 0.2) is 23.8 Å². The van der Waals surface area contributed by atoms with Gasteiger partial charge in [0.15, 0.2) is 18.1 Å². The van der Waals surface area contributed by atoms with Gasteiger partial charge in [-0.25, -0.2) is 14.0 Å². The van der Waals surface area contributed by atoms with E-state index in [-0.39, 0.29) is 19.6 Å². The number of aliphatic hydroxyl groups excluding tert-OH is 1. The molecule has 3 saturated carbocycles. The Morgan fingerprint density at radius 2 is 1.79 bits per heavy atom. The van der Waals surface area contributed by atoms with Gasteiger partial charge in [-0.3, -0.25) is 9.59 Å². The van der Waals surface area contributed by atoms with Crippen molar-refractivity contribution >= 4 is 23.8 Å². The smallest absolute Gasteiger partial charge is 0.407 e. The fourth-order valence-corrected chi connectivity index (χ4v) is 8.44. The third-order valence-electron chi connectivity index (χ3n) is 10.8. The largest absolute Gasteiger partial charge is 0.450 e. The van der Waals surface area contributed by atoms with Gasteiger partial charge in [-0.15, -0.1) is 0 Å². The minimum Gasteiger partial charge on any atom is -0.450 e. The predicted octanol–water partition coefficient (Wildman–Crippen LogP) is 4.18. The topological polar surface area (TPSA) is 151 Å². The Kier molecular flexibility index (Phi) is 10.5. The summed E-state index contributed by atoms with van der Waals surface area (Å²) in [5, 5.41) is 28.4. The van der Waals surface area contributed by atoms with Gasteiger partial charge in [0.1, 0.15) is 5.60 Å². The number of Topliss-reactive ketones (excluding diaryl/α,β-unsaturated/α-hetero) is 1. The average Bonchev–Trinajstić information content (AvgIpc) is 3.15. The number of carbonyl (C=O) groups is 4. The number of rotatable bonds is 10. The molecule has 4 N–H and O–H groups in total. The Bertz CT molecular complexity index is 1160. The highest BCUT2D eigenvalue weighted by atomic mass is 19.1.